The van der Waals surface area contributed by atoms with Gasteiger partial charge in [-0.2, -0.15) is 0 Å². The molecule has 1 heterocycles. The van der Waals surface area contributed by atoms with Gasteiger partial charge in [0.15, 0.2) is 5.82 Å². The summed E-state index contributed by atoms with van der Waals surface area (Å²) in [7, 11) is 0. The third kappa shape index (κ3) is 2.42. The highest BCUT2D eigenvalue weighted by Crippen LogP contribution is 2.20. The summed E-state index contributed by atoms with van der Waals surface area (Å²) in [5.41, 5.74) is 8.53. The van der Waals surface area contributed by atoms with Gasteiger partial charge >= 0.3 is 0 Å². The van der Waals surface area contributed by atoms with Crippen LogP contribution < -0.4 is 5.73 Å². The largest absolute Gasteiger partial charge is 0.508 e. The molecule has 2 rings (SSSR count). The van der Waals surface area contributed by atoms with Gasteiger partial charge < -0.3 is 10.8 Å². The molecule has 0 bridgehead atoms. The molecule has 1 aromatic carbocycles. The molecule has 1 atom stereocenters. The first-order valence-electron chi connectivity index (χ1n) is 5.46. The third-order valence-corrected chi connectivity index (χ3v) is 2.63. The Labute approximate surface area is 100 Å². The fourth-order valence-electron chi connectivity index (χ4n) is 1.67. The Morgan fingerprint density at radius 1 is 1.24 bits per heavy atom. The van der Waals surface area contributed by atoms with Gasteiger partial charge in [0.1, 0.15) is 5.75 Å². The fourth-order valence-corrected chi connectivity index (χ4v) is 1.67. The lowest BCUT2D eigenvalue weighted by atomic mass is 10.1. The number of nitrogens with zero attached hydrogens (tertiary/aromatic N) is 2. The lowest BCUT2D eigenvalue weighted by Gasteiger charge is -2.09. The van der Waals surface area contributed by atoms with Gasteiger partial charge in [0.25, 0.3) is 0 Å². The van der Waals surface area contributed by atoms with Crippen LogP contribution in [0.25, 0.3) is 11.4 Å². The first kappa shape index (κ1) is 11.5. The SMILES string of the molecule is Cc1nc(-c2ccc(O)cc2)ncc1[C@H](C)N. The Morgan fingerprint density at radius 3 is 2.41 bits per heavy atom. The van der Waals surface area contributed by atoms with Crippen molar-refractivity contribution in [2.24, 2.45) is 5.73 Å². The molecule has 0 radical (unpaired) electrons. The molecule has 17 heavy (non-hydrogen) atoms. The third-order valence-electron chi connectivity index (χ3n) is 2.63. The standard InChI is InChI=1S/C13H15N3O/c1-8(14)12-7-15-13(16-9(12)2)10-3-5-11(17)6-4-10/h3-8,17H,14H2,1-2H3/t8-/m0/s1. The summed E-state index contributed by atoms with van der Waals surface area (Å²) in [5, 5.41) is 9.22. The molecule has 0 aliphatic carbocycles. The number of aryl methyl sites for hydroxylation is 1. The molecule has 2 aromatic rings. The lowest BCUT2D eigenvalue weighted by Crippen LogP contribution is -2.09. The van der Waals surface area contributed by atoms with E-state index >= 15 is 0 Å². The van der Waals surface area contributed by atoms with E-state index in [-0.39, 0.29) is 11.8 Å². The number of phenolic OH excluding ortho intramolecular Hbond substituents is 1. The van der Waals surface area contributed by atoms with E-state index < -0.39 is 0 Å². The van der Waals surface area contributed by atoms with Crippen LogP contribution in [0.3, 0.4) is 0 Å². The maximum Gasteiger partial charge on any atom is 0.159 e. The molecule has 3 N–H and O–H groups in total. The number of aromatic nitrogens is 2. The molecule has 0 aliphatic rings. The minimum absolute atomic E-state index is 0.0659. The van der Waals surface area contributed by atoms with Crippen molar-refractivity contribution in [1.29, 1.82) is 0 Å². The highest BCUT2D eigenvalue weighted by Gasteiger charge is 2.08. The summed E-state index contributed by atoms with van der Waals surface area (Å²) in [6, 6.07) is 6.75. The van der Waals surface area contributed by atoms with Crippen LogP contribution in [0, 0.1) is 6.92 Å². The summed E-state index contributed by atoms with van der Waals surface area (Å²) < 4.78 is 0. The maximum atomic E-state index is 9.22. The fraction of sp³-hybridized carbons (Fsp3) is 0.231. The Morgan fingerprint density at radius 2 is 1.88 bits per heavy atom. The molecule has 0 saturated heterocycles. The molecule has 88 valence electrons. The van der Waals surface area contributed by atoms with Crippen LogP contribution in [-0.4, -0.2) is 15.1 Å². The van der Waals surface area contributed by atoms with E-state index in [2.05, 4.69) is 9.97 Å². The number of phenols is 1. The highest BCUT2D eigenvalue weighted by molar-refractivity contribution is 5.56. The number of nitrogens with two attached hydrogens (primary N) is 1. The van der Waals surface area contributed by atoms with Crippen molar-refractivity contribution in [3.8, 4) is 17.1 Å². The van der Waals surface area contributed by atoms with E-state index in [0.29, 0.717) is 5.82 Å². The van der Waals surface area contributed by atoms with Crippen molar-refractivity contribution in [2.45, 2.75) is 19.9 Å². The van der Waals surface area contributed by atoms with E-state index in [0.717, 1.165) is 16.8 Å². The normalized spacial score (nSPS) is 12.4. The van der Waals surface area contributed by atoms with Crippen LogP contribution in [0.1, 0.15) is 24.2 Å². The second-order valence-corrected chi connectivity index (χ2v) is 4.07. The second-order valence-electron chi connectivity index (χ2n) is 4.07. The molecule has 4 heteroatoms. The molecule has 0 aliphatic heterocycles. The van der Waals surface area contributed by atoms with Crippen molar-refractivity contribution < 1.29 is 5.11 Å². The van der Waals surface area contributed by atoms with Gasteiger partial charge in [-0.3, -0.25) is 0 Å². The summed E-state index contributed by atoms with van der Waals surface area (Å²) in [4.78, 5) is 8.71. The predicted octanol–water partition coefficient (Wildman–Crippen LogP) is 2.18. The van der Waals surface area contributed by atoms with Crippen LogP contribution in [-0.2, 0) is 0 Å². The molecule has 0 saturated carbocycles. The molecule has 0 fully saturated rings. The first-order chi connectivity index (χ1) is 8.08. The summed E-state index contributed by atoms with van der Waals surface area (Å²) in [5.74, 6) is 0.879. The van der Waals surface area contributed by atoms with Crippen molar-refractivity contribution >= 4 is 0 Å². The van der Waals surface area contributed by atoms with Gasteiger partial charge in [0.2, 0.25) is 0 Å². The number of hydrogen-bond donors (Lipinski definition) is 2. The minimum atomic E-state index is -0.0659. The predicted molar refractivity (Wildman–Crippen MR) is 66.5 cm³/mol. The summed E-state index contributed by atoms with van der Waals surface area (Å²) >= 11 is 0. The highest BCUT2D eigenvalue weighted by atomic mass is 16.3. The average Bonchev–Trinajstić information content (AvgIpc) is 2.29. The van der Waals surface area contributed by atoms with Crippen molar-refractivity contribution in [3.05, 3.63) is 41.7 Å². The maximum absolute atomic E-state index is 9.22. The molecule has 1 aromatic heterocycles. The van der Waals surface area contributed by atoms with Crippen molar-refractivity contribution in [3.63, 3.8) is 0 Å². The first-order valence-corrected chi connectivity index (χ1v) is 5.46. The smallest absolute Gasteiger partial charge is 0.159 e. The Kier molecular flexibility index (Phi) is 3.06. The molecule has 0 spiro atoms. The molecular weight excluding hydrogens is 214 g/mol. The van der Waals surface area contributed by atoms with Crippen LogP contribution >= 0.6 is 0 Å². The minimum Gasteiger partial charge on any atom is -0.508 e. The monoisotopic (exact) mass is 229 g/mol. The topological polar surface area (TPSA) is 72.0 Å². The van der Waals surface area contributed by atoms with Gasteiger partial charge in [-0.25, -0.2) is 9.97 Å². The zero-order valence-corrected chi connectivity index (χ0v) is 9.88. The van der Waals surface area contributed by atoms with E-state index in [1.54, 1.807) is 30.5 Å². The van der Waals surface area contributed by atoms with Crippen LogP contribution in [0.15, 0.2) is 30.5 Å². The van der Waals surface area contributed by atoms with E-state index in [9.17, 15) is 5.11 Å². The van der Waals surface area contributed by atoms with E-state index in [4.69, 9.17) is 5.73 Å². The second kappa shape index (κ2) is 4.51. The van der Waals surface area contributed by atoms with Gasteiger partial charge in [-0.05, 0) is 38.1 Å². The van der Waals surface area contributed by atoms with Gasteiger partial charge in [-0.15, -0.1) is 0 Å². The van der Waals surface area contributed by atoms with Gasteiger partial charge in [0.05, 0.1) is 0 Å². The van der Waals surface area contributed by atoms with Crippen LogP contribution in [0.5, 0.6) is 5.75 Å². The number of benzene rings is 1. The zero-order chi connectivity index (χ0) is 12.4. The number of aromatic hydroxyl groups is 1. The quantitative estimate of drug-likeness (QED) is 0.827. The molecular formula is C13H15N3O. The van der Waals surface area contributed by atoms with Crippen LogP contribution in [0.2, 0.25) is 0 Å². The molecule has 0 unspecified atom stereocenters. The molecule has 0 amide bonds. The summed E-state index contributed by atoms with van der Waals surface area (Å²) in [6.07, 6.45) is 1.76. The van der Waals surface area contributed by atoms with Gasteiger partial charge in [-0.1, -0.05) is 0 Å². The number of rotatable bonds is 2. The van der Waals surface area contributed by atoms with Crippen molar-refractivity contribution in [1.82, 2.24) is 9.97 Å². The van der Waals surface area contributed by atoms with Crippen molar-refractivity contribution in [2.75, 3.05) is 0 Å². The van der Waals surface area contributed by atoms with E-state index in [1.165, 1.54) is 0 Å². The Balaban J connectivity index is 2.41. The molecule has 4 nitrogen and oxygen atoms in total. The average molecular weight is 229 g/mol. The Bertz CT molecular complexity index is 521. The lowest BCUT2D eigenvalue weighted by molar-refractivity contribution is 0.475. The van der Waals surface area contributed by atoms with E-state index in [1.807, 2.05) is 13.8 Å². The van der Waals surface area contributed by atoms with Crippen LogP contribution in [0.4, 0.5) is 0 Å². The Hall–Kier alpha value is -1.94. The zero-order valence-electron chi connectivity index (χ0n) is 9.88. The van der Waals surface area contributed by atoms with Gasteiger partial charge in [0, 0.05) is 29.1 Å². The number of hydrogen-bond acceptors (Lipinski definition) is 4. The summed E-state index contributed by atoms with van der Waals surface area (Å²) in [6.45, 7) is 3.83.